The lowest BCUT2D eigenvalue weighted by molar-refractivity contribution is 0.372. The van der Waals surface area contributed by atoms with Crippen LogP contribution in [0.2, 0.25) is 0 Å². The number of ether oxygens (including phenoxy) is 1. The second kappa shape index (κ2) is 5.32. The van der Waals surface area contributed by atoms with Gasteiger partial charge in [-0.15, -0.1) is 0 Å². The van der Waals surface area contributed by atoms with Crippen molar-refractivity contribution in [2.45, 2.75) is 12.8 Å². The topological polar surface area (TPSA) is 53.1 Å². The average Bonchev–Trinajstić information content (AvgIpc) is 2.92. The van der Waals surface area contributed by atoms with Gasteiger partial charge in [0.15, 0.2) is 5.88 Å². The van der Waals surface area contributed by atoms with Crippen LogP contribution in [0.3, 0.4) is 0 Å². The Morgan fingerprint density at radius 3 is 2.35 bits per heavy atom. The normalized spacial score (nSPS) is 16.4. The Hall–Kier alpha value is -3.01. The highest BCUT2D eigenvalue weighted by Gasteiger charge is 2.29. The maximum Gasteiger partial charge on any atom is 0.228 e. The van der Waals surface area contributed by atoms with E-state index in [9.17, 15) is 0 Å². The Morgan fingerprint density at radius 2 is 1.65 bits per heavy atom. The van der Waals surface area contributed by atoms with Crippen LogP contribution in [0.1, 0.15) is 22.7 Å². The number of allylic oxidation sites excluding steroid dienone is 1. The quantitative estimate of drug-likeness (QED) is 0.788. The molecule has 0 saturated heterocycles. The molecule has 3 aromatic rings. The number of nitrogens with zero attached hydrogens (tertiary/aromatic N) is 2. The van der Waals surface area contributed by atoms with Gasteiger partial charge in [0.2, 0.25) is 5.88 Å². The van der Waals surface area contributed by atoms with E-state index in [4.69, 9.17) is 10.5 Å². The first kappa shape index (κ1) is 13.6. The van der Waals surface area contributed by atoms with Crippen molar-refractivity contribution >= 4 is 0 Å². The molecule has 0 spiro atoms. The molecule has 1 atom stereocenters. The van der Waals surface area contributed by atoms with Crippen molar-refractivity contribution in [3.05, 3.63) is 89.4 Å². The number of fused-ring (bicyclic) bond motifs is 1. The van der Waals surface area contributed by atoms with Gasteiger partial charge >= 0.3 is 0 Å². The molecule has 0 amide bonds. The van der Waals surface area contributed by atoms with Gasteiger partial charge in [-0.25, -0.2) is 4.68 Å². The second-order valence-corrected chi connectivity index (χ2v) is 5.61. The Kier molecular flexibility index (Phi) is 3.15. The molecule has 1 aromatic heterocycles. The predicted octanol–water partition coefficient (Wildman–Crippen LogP) is 3.51. The molecule has 4 rings (SSSR count). The van der Waals surface area contributed by atoms with Gasteiger partial charge in [0.25, 0.3) is 0 Å². The molecule has 23 heavy (non-hydrogen) atoms. The van der Waals surface area contributed by atoms with E-state index in [1.54, 1.807) is 0 Å². The maximum absolute atomic E-state index is 6.03. The highest BCUT2D eigenvalue weighted by atomic mass is 16.5. The van der Waals surface area contributed by atoms with E-state index in [1.807, 2.05) is 66.2 Å². The Bertz CT molecular complexity index is 866. The van der Waals surface area contributed by atoms with Crippen molar-refractivity contribution < 1.29 is 4.74 Å². The Morgan fingerprint density at radius 1 is 1.00 bits per heavy atom. The lowest BCUT2D eigenvalue weighted by Gasteiger charge is -2.22. The fourth-order valence-electron chi connectivity index (χ4n) is 3.04. The van der Waals surface area contributed by atoms with Gasteiger partial charge in [-0.3, -0.25) is 0 Å². The van der Waals surface area contributed by atoms with Gasteiger partial charge in [-0.1, -0.05) is 48.5 Å². The summed E-state index contributed by atoms with van der Waals surface area (Å²) in [4.78, 5) is 0. The van der Waals surface area contributed by atoms with E-state index in [-0.39, 0.29) is 5.92 Å². The maximum atomic E-state index is 6.03. The molecule has 2 N–H and O–H groups in total. The van der Waals surface area contributed by atoms with Gasteiger partial charge in [0.05, 0.1) is 11.4 Å². The number of hydrogen-bond donors (Lipinski definition) is 1. The van der Waals surface area contributed by atoms with Crippen molar-refractivity contribution in [3.63, 3.8) is 0 Å². The molecule has 1 aliphatic heterocycles. The molecular formula is C19H17N3O. The highest BCUT2D eigenvalue weighted by Crippen LogP contribution is 2.40. The summed E-state index contributed by atoms with van der Waals surface area (Å²) in [6, 6.07) is 20.2. The van der Waals surface area contributed by atoms with E-state index in [2.05, 4.69) is 17.2 Å². The van der Waals surface area contributed by atoms with Gasteiger partial charge in [-0.2, -0.15) is 5.10 Å². The number of para-hydroxylation sites is 1. The number of benzene rings is 2. The molecule has 2 heterocycles. The summed E-state index contributed by atoms with van der Waals surface area (Å²) >= 11 is 0. The molecule has 2 aromatic carbocycles. The van der Waals surface area contributed by atoms with Gasteiger partial charge in [0.1, 0.15) is 0 Å². The molecule has 1 aliphatic rings. The summed E-state index contributed by atoms with van der Waals surface area (Å²) in [5.41, 5.74) is 10.2. The van der Waals surface area contributed by atoms with Crippen LogP contribution in [0.5, 0.6) is 5.88 Å². The molecule has 114 valence electrons. The second-order valence-electron chi connectivity index (χ2n) is 5.61. The lowest BCUT2D eigenvalue weighted by Crippen LogP contribution is -2.17. The van der Waals surface area contributed by atoms with Crippen LogP contribution in [-0.2, 0) is 0 Å². The third kappa shape index (κ3) is 2.28. The minimum absolute atomic E-state index is 0.0532. The third-order valence-electron chi connectivity index (χ3n) is 4.08. The Labute approximate surface area is 134 Å². The fourth-order valence-corrected chi connectivity index (χ4v) is 3.04. The van der Waals surface area contributed by atoms with Crippen molar-refractivity contribution in [2.24, 2.45) is 5.73 Å². The lowest BCUT2D eigenvalue weighted by atomic mass is 9.90. The fraction of sp³-hybridized carbons (Fsp3) is 0.105. The minimum atomic E-state index is 0.0532. The number of aromatic nitrogens is 2. The average molecular weight is 303 g/mol. The van der Waals surface area contributed by atoms with Crippen molar-refractivity contribution in [1.82, 2.24) is 9.78 Å². The van der Waals surface area contributed by atoms with E-state index in [0.29, 0.717) is 11.8 Å². The monoisotopic (exact) mass is 303 g/mol. The molecule has 0 bridgehead atoms. The molecule has 0 aliphatic carbocycles. The van der Waals surface area contributed by atoms with Crippen LogP contribution >= 0.6 is 0 Å². The SMILES string of the molecule is Cc1nn(-c2ccccc2)c2c1C(c1ccccc1)C=C(N)O2. The predicted molar refractivity (Wildman–Crippen MR) is 89.5 cm³/mol. The zero-order valence-electron chi connectivity index (χ0n) is 12.8. The van der Waals surface area contributed by atoms with Crippen LogP contribution in [-0.4, -0.2) is 9.78 Å². The summed E-state index contributed by atoms with van der Waals surface area (Å²) in [6.07, 6.45) is 1.95. The summed E-state index contributed by atoms with van der Waals surface area (Å²) in [6.45, 7) is 2.01. The van der Waals surface area contributed by atoms with Crippen LogP contribution in [0.4, 0.5) is 0 Å². The van der Waals surface area contributed by atoms with Gasteiger partial charge in [-0.05, 0) is 30.7 Å². The third-order valence-corrected chi connectivity index (χ3v) is 4.08. The molecule has 0 saturated carbocycles. The van der Waals surface area contributed by atoms with Crippen molar-refractivity contribution in [3.8, 4) is 11.6 Å². The zero-order chi connectivity index (χ0) is 15.8. The highest BCUT2D eigenvalue weighted by molar-refractivity contribution is 5.51. The standard InChI is InChI=1S/C19H17N3O/c1-13-18-16(14-8-4-2-5-9-14)12-17(20)23-19(18)22(21-13)15-10-6-3-7-11-15/h2-12,16H,20H2,1H3. The van der Waals surface area contributed by atoms with E-state index < -0.39 is 0 Å². The molecular weight excluding hydrogens is 286 g/mol. The van der Waals surface area contributed by atoms with Crippen LogP contribution in [0.15, 0.2) is 72.6 Å². The summed E-state index contributed by atoms with van der Waals surface area (Å²) in [5, 5.41) is 4.68. The largest absolute Gasteiger partial charge is 0.423 e. The van der Waals surface area contributed by atoms with Gasteiger partial charge in [0, 0.05) is 11.5 Å². The molecule has 0 radical (unpaired) electrons. The first-order valence-electron chi connectivity index (χ1n) is 7.59. The number of rotatable bonds is 2. The summed E-state index contributed by atoms with van der Waals surface area (Å²) in [7, 11) is 0. The molecule has 4 nitrogen and oxygen atoms in total. The zero-order valence-corrected chi connectivity index (χ0v) is 12.8. The van der Waals surface area contributed by atoms with Crippen LogP contribution in [0.25, 0.3) is 5.69 Å². The van der Waals surface area contributed by atoms with E-state index in [0.717, 1.165) is 16.9 Å². The number of aryl methyl sites for hydroxylation is 1. The number of nitrogens with two attached hydrogens (primary N) is 1. The minimum Gasteiger partial charge on any atom is -0.423 e. The first-order chi connectivity index (χ1) is 11.2. The molecule has 0 fully saturated rings. The van der Waals surface area contributed by atoms with Crippen molar-refractivity contribution in [1.29, 1.82) is 0 Å². The Balaban J connectivity index is 1.90. The summed E-state index contributed by atoms with van der Waals surface area (Å²) in [5.74, 6) is 1.16. The molecule has 1 unspecified atom stereocenters. The van der Waals surface area contributed by atoms with Crippen molar-refractivity contribution in [2.75, 3.05) is 0 Å². The molecule has 4 heteroatoms. The summed E-state index contributed by atoms with van der Waals surface area (Å²) < 4.78 is 7.65. The number of hydrogen-bond acceptors (Lipinski definition) is 3. The van der Waals surface area contributed by atoms with E-state index >= 15 is 0 Å². The van der Waals surface area contributed by atoms with Crippen LogP contribution in [0, 0.1) is 6.92 Å². The first-order valence-corrected chi connectivity index (χ1v) is 7.59. The van der Waals surface area contributed by atoms with Crippen LogP contribution < -0.4 is 10.5 Å². The van der Waals surface area contributed by atoms with E-state index in [1.165, 1.54) is 5.56 Å². The smallest absolute Gasteiger partial charge is 0.228 e. The van der Waals surface area contributed by atoms with Gasteiger partial charge < -0.3 is 10.5 Å².